The molecule has 1 fully saturated rings. The summed E-state index contributed by atoms with van der Waals surface area (Å²) < 4.78 is 19.1. The fourth-order valence-corrected chi connectivity index (χ4v) is 2.24. The number of benzene rings is 1. The lowest BCUT2D eigenvalue weighted by molar-refractivity contribution is 0.437. The molecule has 0 radical (unpaired) electrons. The van der Waals surface area contributed by atoms with Crippen LogP contribution in [0.3, 0.4) is 0 Å². The fourth-order valence-electron chi connectivity index (χ4n) is 1.88. The summed E-state index contributed by atoms with van der Waals surface area (Å²) in [6.07, 6.45) is 4.27. The molecular weight excluding hydrogens is 337 g/mol. The summed E-state index contributed by atoms with van der Waals surface area (Å²) in [6, 6.07) is 5.34. The lowest BCUT2D eigenvalue weighted by Gasteiger charge is -2.09. The minimum Gasteiger partial charge on any atom is -0.424 e. The van der Waals surface area contributed by atoms with Crippen molar-refractivity contribution >= 4 is 15.9 Å². The molecule has 0 spiro atoms. The van der Waals surface area contributed by atoms with E-state index < -0.39 is 0 Å². The molecule has 1 N–H and O–H groups in total. The van der Waals surface area contributed by atoms with Crippen molar-refractivity contribution in [1.29, 1.82) is 0 Å². The average molecular weight is 352 g/mol. The van der Waals surface area contributed by atoms with Crippen molar-refractivity contribution < 1.29 is 9.13 Å². The number of halogens is 2. The number of rotatable bonds is 5. The number of nitrogens with zero attached hydrogens (tertiary/aromatic N) is 2. The Bertz CT molecular complexity index is 661. The predicted octanol–water partition coefficient (Wildman–Crippen LogP) is 3.73. The Kier molecular flexibility index (Phi) is 4.17. The highest BCUT2D eigenvalue weighted by molar-refractivity contribution is 9.10. The molecule has 0 aliphatic heterocycles. The number of hydrogen-bond acceptors (Lipinski definition) is 4. The number of hydrogen-bond donors (Lipinski definition) is 1. The minimum atomic E-state index is -0.332. The molecule has 1 aromatic carbocycles. The van der Waals surface area contributed by atoms with Gasteiger partial charge in [0.15, 0.2) is 0 Å². The Labute approximate surface area is 130 Å². The largest absolute Gasteiger partial charge is 0.424 e. The Balaban J connectivity index is 1.70. The van der Waals surface area contributed by atoms with Crippen LogP contribution in [-0.4, -0.2) is 16.0 Å². The Hall–Kier alpha value is -1.53. The molecule has 21 heavy (non-hydrogen) atoms. The average Bonchev–Trinajstić information content (AvgIpc) is 3.26. The van der Waals surface area contributed by atoms with Crippen molar-refractivity contribution in [3.8, 4) is 11.8 Å². The molecule has 0 unspecified atom stereocenters. The van der Waals surface area contributed by atoms with Gasteiger partial charge in [0, 0.05) is 30.0 Å². The molecule has 0 atom stereocenters. The third-order valence-electron chi connectivity index (χ3n) is 3.32. The summed E-state index contributed by atoms with van der Waals surface area (Å²) in [5.41, 5.74) is 1.95. The lowest BCUT2D eigenvalue weighted by atomic mass is 10.2. The van der Waals surface area contributed by atoms with Gasteiger partial charge in [-0.25, -0.2) is 9.37 Å². The monoisotopic (exact) mass is 351 g/mol. The van der Waals surface area contributed by atoms with Crippen LogP contribution >= 0.6 is 15.9 Å². The molecule has 0 bridgehead atoms. The van der Waals surface area contributed by atoms with Crippen LogP contribution in [-0.2, 0) is 6.54 Å². The van der Waals surface area contributed by atoms with Crippen LogP contribution in [0.15, 0.2) is 28.9 Å². The highest BCUT2D eigenvalue weighted by Gasteiger charge is 2.20. The molecule has 4 nitrogen and oxygen atoms in total. The van der Waals surface area contributed by atoms with Crippen molar-refractivity contribution in [3.05, 3.63) is 45.9 Å². The van der Waals surface area contributed by atoms with E-state index >= 15 is 0 Å². The van der Waals surface area contributed by atoms with Gasteiger partial charge in [0.25, 0.3) is 0 Å². The molecule has 2 aromatic rings. The molecular formula is C15H15BrFN3O. The van der Waals surface area contributed by atoms with Gasteiger partial charge in [-0.3, -0.25) is 0 Å². The number of aromatic nitrogens is 2. The molecule has 110 valence electrons. The number of nitrogens with one attached hydrogen (secondary N) is 1. The van der Waals surface area contributed by atoms with Gasteiger partial charge in [-0.05, 0) is 53.9 Å². The van der Waals surface area contributed by atoms with E-state index in [0.29, 0.717) is 16.3 Å². The first-order valence-corrected chi connectivity index (χ1v) is 7.60. The van der Waals surface area contributed by atoms with Crippen molar-refractivity contribution in [3.63, 3.8) is 0 Å². The van der Waals surface area contributed by atoms with E-state index in [9.17, 15) is 4.39 Å². The predicted molar refractivity (Wildman–Crippen MR) is 80.8 cm³/mol. The van der Waals surface area contributed by atoms with Crippen LogP contribution in [0, 0.1) is 12.7 Å². The van der Waals surface area contributed by atoms with Crippen molar-refractivity contribution in [2.75, 3.05) is 0 Å². The molecule has 1 aliphatic carbocycles. The summed E-state index contributed by atoms with van der Waals surface area (Å²) >= 11 is 3.12. The van der Waals surface area contributed by atoms with E-state index in [1.54, 1.807) is 18.3 Å². The Morgan fingerprint density at radius 3 is 2.90 bits per heavy atom. The van der Waals surface area contributed by atoms with Crippen molar-refractivity contribution in [2.24, 2.45) is 0 Å². The van der Waals surface area contributed by atoms with Crippen LogP contribution in [0.4, 0.5) is 4.39 Å². The maximum absolute atomic E-state index is 13.2. The second-order valence-corrected chi connectivity index (χ2v) is 5.95. The standard InChI is InChI=1S/C15H15BrFN3O/c1-9-10(7-18-11-2-3-11)8-19-15(20-9)21-12-4-5-14(17)13(16)6-12/h4-6,8,11,18H,2-3,7H2,1H3. The zero-order valence-electron chi connectivity index (χ0n) is 11.6. The van der Waals surface area contributed by atoms with Crippen LogP contribution in [0.25, 0.3) is 0 Å². The summed E-state index contributed by atoms with van der Waals surface area (Å²) in [6.45, 7) is 2.71. The molecule has 0 saturated heterocycles. The molecule has 1 aliphatic rings. The van der Waals surface area contributed by atoms with Gasteiger partial charge in [0.2, 0.25) is 0 Å². The maximum Gasteiger partial charge on any atom is 0.322 e. The van der Waals surface area contributed by atoms with Crippen molar-refractivity contribution in [2.45, 2.75) is 32.4 Å². The zero-order chi connectivity index (χ0) is 14.8. The van der Waals surface area contributed by atoms with Crippen LogP contribution in [0.2, 0.25) is 0 Å². The highest BCUT2D eigenvalue weighted by atomic mass is 79.9. The van der Waals surface area contributed by atoms with Gasteiger partial charge in [-0.2, -0.15) is 4.98 Å². The minimum absolute atomic E-state index is 0.265. The first-order valence-electron chi connectivity index (χ1n) is 6.80. The molecule has 0 amide bonds. The number of aryl methyl sites for hydroxylation is 1. The van der Waals surface area contributed by atoms with Gasteiger partial charge >= 0.3 is 6.01 Å². The smallest absolute Gasteiger partial charge is 0.322 e. The third kappa shape index (κ3) is 3.77. The molecule has 3 rings (SSSR count). The third-order valence-corrected chi connectivity index (χ3v) is 3.93. The molecule has 1 saturated carbocycles. The topological polar surface area (TPSA) is 47.0 Å². The van der Waals surface area contributed by atoms with E-state index in [4.69, 9.17) is 4.74 Å². The second kappa shape index (κ2) is 6.07. The summed E-state index contributed by atoms with van der Waals surface area (Å²) in [4.78, 5) is 8.54. The quantitative estimate of drug-likeness (QED) is 0.891. The van der Waals surface area contributed by atoms with Crippen molar-refractivity contribution in [1.82, 2.24) is 15.3 Å². The molecule has 6 heteroatoms. The van der Waals surface area contributed by atoms with Crippen LogP contribution in [0.1, 0.15) is 24.1 Å². The van der Waals surface area contributed by atoms with E-state index in [0.717, 1.165) is 17.8 Å². The zero-order valence-corrected chi connectivity index (χ0v) is 13.2. The molecule has 1 heterocycles. The highest BCUT2D eigenvalue weighted by Crippen LogP contribution is 2.25. The summed E-state index contributed by atoms with van der Waals surface area (Å²) in [5.74, 6) is 0.160. The first kappa shape index (κ1) is 14.4. The summed E-state index contributed by atoms with van der Waals surface area (Å²) in [7, 11) is 0. The van der Waals surface area contributed by atoms with Gasteiger partial charge < -0.3 is 10.1 Å². The van der Waals surface area contributed by atoms with Crippen LogP contribution in [0.5, 0.6) is 11.8 Å². The number of ether oxygens (including phenoxy) is 1. The summed E-state index contributed by atoms with van der Waals surface area (Å²) in [5, 5.41) is 3.43. The van der Waals surface area contributed by atoms with Gasteiger partial charge in [-0.15, -0.1) is 0 Å². The first-order chi connectivity index (χ1) is 10.1. The van der Waals surface area contributed by atoms with Crippen LogP contribution < -0.4 is 10.1 Å². The van der Waals surface area contributed by atoms with E-state index in [1.165, 1.54) is 18.9 Å². The Morgan fingerprint density at radius 2 is 2.24 bits per heavy atom. The Morgan fingerprint density at radius 1 is 1.43 bits per heavy atom. The second-order valence-electron chi connectivity index (χ2n) is 5.10. The van der Waals surface area contributed by atoms with Gasteiger partial charge in [0.05, 0.1) is 4.47 Å². The maximum atomic E-state index is 13.2. The van der Waals surface area contributed by atoms with Gasteiger partial charge in [0.1, 0.15) is 11.6 Å². The lowest BCUT2D eigenvalue weighted by Crippen LogP contribution is -2.16. The van der Waals surface area contributed by atoms with E-state index in [2.05, 4.69) is 31.2 Å². The van der Waals surface area contributed by atoms with Gasteiger partial charge in [-0.1, -0.05) is 0 Å². The fraction of sp³-hybridized carbons (Fsp3) is 0.333. The normalized spacial score (nSPS) is 14.2. The molecule has 1 aromatic heterocycles. The SMILES string of the molecule is Cc1nc(Oc2ccc(F)c(Br)c2)ncc1CNC1CC1. The van der Waals surface area contributed by atoms with E-state index in [1.807, 2.05) is 6.92 Å². The van der Waals surface area contributed by atoms with E-state index in [-0.39, 0.29) is 11.8 Å².